The molecule has 3 aromatic rings. The van der Waals surface area contributed by atoms with Crippen LogP contribution in [-0.2, 0) is 21.9 Å². The van der Waals surface area contributed by atoms with Crippen LogP contribution < -0.4 is 9.47 Å². The van der Waals surface area contributed by atoms with E-state index in [2.05, 4.69) is 18.8 Å². The molecule has 0 fully saturated rings. The fraction of sp³-hybridized carbons (Fsp3) is 0.286. The molecule has 6 nitrogen and oxygen atoms in total. The minimum absolute atomic E-state index is 0.0644. The summed E-state index contributed by atoms with van der Waals surface area (Å²) in [6.07, 6.45) is 2.37. The van der Waals surface area contributed by atoms with Crippen LogP contribution in [0.15, 0.2) is 52.2 Å². The van der Waals surface area contributed by atoms with Gasteiger partial charge in [-0.3, -0.25) is 0 Å². The lowest BCUT2D eigenvalue weighted by molar-refractivity contribution is 0.256. The molecule has 3 rings (SSSR count). The van der Waals surface area contributed by atoms with Crippen LogP contribution in [0.1, 0.15) is 30.7 Å². The van der Waals surface area contributed by atoms with E-state index in [0.29, 0.717) is 27.3 Å². The van der Waals surface area contributed by atoms with Crippen LogP contribution >= 0.6 is 23.2 Å². The van der Waals surface area contributed by atoms with Crippen molar-refractivity contribution in [2.24, 2.45) is 0 Å². The zero-order valence-corrected chi connectivity index (χ0v) is 19.2. The van der Waals surface area contributed by atoms with Gasteiger partial charge in [-0.05, 0) is 35.4 Å². The third-order valence-corrected chi connectivity index (χ3v) is 6.12. The highest BCUT2D eigenvalue weighted by Gasteiger charge is 2.25. The molecule has 0 saturated carbocycles. The van der Waals surface area contributed by atoms with Crippen LogP contribution in [0.4, 0.5) is 0 Å². The van der Waals surface area contributed by atoms with E-state index < -0.39 is 9.84 Å². The number of benzene rings is 2. The third-order valence-electron chi connectivity index (χ3n) is 4.73. The molecule has 2 aromatic carbocycles. The molecule has 0 spiro atoms. The SMILES string of the molecule is COc1c(Cl)cc(C(C)(C)c2ccc(OCc3cnc(S(C)(=O)=O)o3)cc2)cc1Cl. The minimum atomic E-state index is -3.48. The van der Waals surface area contributed by atoms with E-state index in [4.69, 9.17) is 37.1 Å². The summed E-state index contributed by atoms with van der Waals surface area (Å²) in [5.74, 6) is 1.38. The highest BCUT2D eigenvalue weighted by molar-refractivity contribution is 7.90. The largest absolute Gasteiger partial charge is 0.494 e. The number of sulfone groups is 1. The summed E-state index contributed by atoms with van der Waals surface area (Å²) in [5.41, 5.74) is 1.61. The molecule has 0 unspecified atom stereocenters. The predicted octanol–water partition coefficient (Wildman–Crippen LogP) is 5.30. The number of hydrogen-bond donors (Lipinski definition) is 0. The summed E-state index contributed by atoms with van der Waals surface area (Å²) >= 11 is 12.6. The summed E-state index contributed by atoms with van der Waals surface area (Å²) in [6, 6.07) is 11.3. The van der Waals surface area contributed by atoms with Gasteiger partial charge in [0.1, 0.15) is 12.4 Å². The molecule has 1 heterocycles. The molecular weight excluding hydrogens is 449 g/mol. The van der Waals surface area contributed by atoms with Crippen LogP contribution in [0.2, 0.25) is 10.0 Å². The molecule has 0 aliphatic rings. The van der Waals surface area contributed by atoms with Gasteiger partial charge in [0.25, 0.3) is 0 Å². The van der Waals surface area contributed by atoms with Crippen molar-refractivity contribution in [2.75, 3.05) is 13.4 Å². The van der Waals surface area contributed by atoms with E-state index in [1.165, 1.54) is 13.3 Å². The van der Waals surface area contributed by atoms with Gasteiger partial charge in [0.2, 0.25) is 9.84 Å². The Morgan fingerprint density at radius 3 is 2.17 bits per heavy atom. The number of rotatable bonds is 7. The number of hydrogen-bond acceptors (Lipinski definition) is 6. The van der Waals surface area contributed by atoms with Crippen LogP contribution in [-0.4, -0.2) is 26.8 Å². The lowest BCUT2D eigenvalue weighted by Gasteiger charge is -2.27. The van der Waals surface area contributed by atoms with E-state index >= 15 is 0 Å². The second-order valence-corrected chi connectivity index (χ2v) is 9.98. The minimum Gasteiger partial charge on any atom is -0.494 e. The first-order valence-electron chi connectivity index (χ1n) is 8.94. The van der Waals surface area contributed by atoms with E-state index in [1.807, 2.05) is 36.4 Å². The number of nitrogens with zero attached hydrogens (tertiary/aromatic N) is 1. The molecule has 0 saturated heterocycles. The smallest absolute Gasteiger partial charge is 0.314 e. The molecule has 0 aliphatic heterocycles. The fourth-order valence-electron chi connectivity index (χ4n) is 2.93. The van der Waals surface area contributed by atoms with Crippen LogP contribution in [0.3, 0.4) is 0 Å². The van der Waals surface area contributed by atoms with Crippen molar-refractivity contribution in [1.82, 2.24) is 4.98 Å². The Bertz CT molecular complexity index is 1130. The zero-order chi connectivity index (χ0) is 22.1. The lowest BCUT2D eigenvalue weighted by Crippen LogP contribution is -2.19. The third kappa shape index (κ3) is 4.74. The Morgan fingerprint density at radius 2 is 1.67 bits per heavy atom. The molecule has 0 atom stereocenters. The molecule has 9 heteroatoms. The van der Waals surface area contributed by atoms with Gasteiger partial charge in [-0.2, -0.15) is 0 Å². The van der Waals surface area contributed by atoms with Crippen molar-refractivity contribution < 1.29 is 22.3 Å². The van der Waals surface area contributed by atoms with Gasteiger partial charge in [-0.1, -0.05) is 49.2 Å². The van der Waals surface area contributed by atoms with Crippen molar-refractivity contribution in [3.8, 4) is 11.5 Å². The summed E-state index contributed by atoms with van der Waals surface area (Å²) < 4.78 is 38.9. The van der Waals surface area contributed by atoms with Gasteiger partial charge in [-0.15, -0.1) is 0 Å². The standard InChI is InChI=1S/C21H21Cl2NO5S/c1-21(2,14-9-17(22)19(27-3)18(23)10-14)13-5-7-15(8-6-13)28-12-16-11-24-20(29-16)30(4,25)26/h5-11H,12H2,1-4H3. The van der Waals surface area contributed by atoms with Gasteiger partial charge in [-0.25, -0.2) is 13.4 Å². The highest BCUT2D eigenvalue weighted by Crippen LogP contribution is 2.40. The molecular formula is C21H21Cl2NO5S. The first kappa shape index (κ1) is 22.5. The first-order valence-corrected chi connectivity index (χ1v) is 11.6. The monoisotopic (exact) mass is 469 g/mol. The Kier molecular flexibility index (Phi) is 6.36. The molecule has 1 aromatic heterocycles. The Balaban J connectivity index is 1.75. The van der Waals surface area contributed by atoms with Crippen LogP contribution in [0.25, 0.3) is 0 Å². The fourth-order valence-corrected chi connectivity index (χ4v) is 4.08. The number of halogens is 2. The summed E-state index contributed by atoms with van der Waals surface area (Å²) in [6.45, 7) is 4.20. The number of ether oxygens (including phenoxy) is 2. The summed E-state index contributed by atoms with van der Waals surface area (Å²) in [7, 11) is -1.96. The average Bonchev–Trinajstić information content (AvgIpc) is 3.16. The Hall–Kier alpha value is -2.22. The maximum atomic E-state index is 11.4. The van der Waals surface area contributed by atoms with Gasteiger partial charge < -0.3 is 13.9 Å². The second kappa shape index (κ2) is 8.49. The maximum absolute atomic E-state index is 11.4. The van der Waals surface area contributed by atoms with Gasteiger partial charge >= 0.3 is 5.22 Å². The van der Waals surface area contributed by atoms with Crippen molar-refractivity contribution in [2.45, 2.75) is 31.1 Å². The maximum Gasteiger partial charge on any atom is 0.314 e. The Labute approximate surface area is 185 Å². The Morgan fingerprint density at radius 1 is 1.07 bits per heavy atom. The van der Waals surface area contributed by atoms with Crippen LogP contribution in [0.5, 0.6) is 11.5 Å². The lowest BCUT2D eigenvalue weighted by atomic mass is 9.78. The molecule has 0 N–H and O–H groups in total. The van der Waals surface area contributed by atoms with E-state index in [1.54, 1.807) is 0 Å². The molecule has 0 aliphatic carbocycles. The molecule has 0 radical (unpaired) electrons. The van der Waals surface area contributed by atoms with E-state index in [0.717, 1.165) is 17.4 Å². The highest BCUT2D eigenvalue weighted by atomic mass is 35.5. The summed E-state index contributed by atoms with van der Waals surface area (Å²) in [4.78, 5) is 3.74. The van der Waals surface area contributed by atoms with E-state index in [9.17, 15) is 8.42 Å². The van der Waals surface area contributed by atoms with Crippen molar-refractivity contribution >= 4 is 33.0 Å². The van der Waals surface area contributed by atoms with E-state index in [-0.39, 0.29) is 17.2 Å². The molecule has 0 bridgehead atoms. The topological polar surface area (TPSA) is 78.6 Å². The van der Waals surface area contributed by atoms with Gasteiger partial charge in [0.15, 0.2) is 11.5 Å². The molecule has 0 amide bonds. The quantitative estimate of drug-likeness (QED) is 0.467. The second-order valence-electron chi connectivity index (χ2n) is 7.28. The predicted molar refractivity (Wildman–Crippen MR) is 116 cm³/mol. The first-order chi connectivity index (χ1) is 14.0. The number of oxazole rings is 1. The normalized spacial score (nSPS) is 12.1. The molecule has 160 valence electrons. The van der Waals surface area contributed by atoms with Crippen LogP contribution in [0, 0.1) is 0 Å². The average molecular weight is 470 g/mol. The number of aromatic nitrogens is 1. The van der Waals surface area contributed by atoms with Gasteiger partial charge in [0, 0.05) is 11.7 Å². The van der Waals surface area contributed by atoms with Crippen molar-refractivity contribution in [1.29, 1.82) is 0 Å². The summed E-state index contributed by atoms with van der Waals surface area (Å²) in [5, 5.41) is 0.581. The van der Waals surface area contributed by atoms with Gasteiger partial charge in [0.05, 0.1) is 23.4 Å². The molecule has 30 heavy (non-hydrogen) atoms. The van der Waals surface area contributed by atoms with Crippen molar-refractivity contribution in [3.05, 3.63) is 69.5 Å². The van der Waals surface area contributed by atoms with Crippen molar-refractivity contribution in [3.63, 3.8) is 0 Å². The zero-order valence-electron chi connectivity index (χ0n) is 16.9. The number of methoxy groups -OCH3 is 1.